The van der Waals surface area contributed by atoms with E-state index in [-0.39, 0.29) is 0 Å². The van der Waals surface area contributed by atoms with E-state index in [4.69, 9.17) is 10.8 Å². The maximum absolute atomic E-state index is 6.48. The molecule has 3 saturated carbocycles. The summed E-state index contributed by atoms with van der Waals surface area (Å²) < 4.78 is 2.20. The lowest BCUT2D eigenvalue weighted by molar-refractivity contribution is 0.456. The lowest BCUT2D eigenvalue weighted by Gasteiger charge is -2.11. The molecule has 3 unspecified atom stereocenters. The first kappa shape index (κ1) is 12.9. The van der Waals surface area contributed by atoms with Gasteiger partial charge in [0.25, 0.3) is 0 Å². The third kappa shape index (κ3) is 2.30. The van der Waals surface area contributed by atoms with Crippen LogP contribution < -0.4 is 5.73 Å². The molecule has 3 atom stereocenters. The third-order valence-corrected chi connectivity index (χ3v) is 6.02. The van der Waals surface area contributed by atoms with Crippen molar-refractivity contribution < 1.29 is 0 Å². The summed E-state index contributed by atoms with van der Waals surface area (Å²) in [5.74, 6) is 2.71. The minimum atomic E-state index is 0.343. The van der Waals surface area contributed by atoms with Gasteiger partial charge in [0.15, 0.2) is 0 Å². The van der Waals surface area contributed by atoms with Crippen molar-refractivity contribution in [1.82, 2.24) is 9.78 Å². The van der Waals surface area contributed by atoms with Gasteiger partial charge in [0.05, 0.1) is 11.7 Å². The first-order chi connectivity index (χ1) is 9.83. The number of hydrogen-bond donors (Lipinski definition) is 1. The predicted octanol–water partition coefficient (Wildman–Crippen LogP) is 3.30. The normalized spacial score (nSPS) is 35.0. The maximum Gasteiger partial charge on any atom is 0.0640 e. The largest absolute Gasteiger partial charge is 0.327 e. The van der Waals surface area contributed by atoms with Crippen molar-refractivity contribution in [3.05, 3.63) is 18.0 Å². The Morgan fingerprint density at radius 1 is 1.10 bits per heavy atom. The van der Waals surface area contributed by atoms with Crippen LogP contribution in [0.15, 0.2) is 12.3 Å². The molecule has 0 aliphatic heterocycles. The van der Waals surface area contributed by atoms with Gasteiger partial charge in [0.1, 0.15) is 0 Å². The first-order valence-corrected chi connectivity index (χ1v) is 8.62. The minimum absolute atomic E-state index is 0.343. The molecule has 1 heterocycles. The van der Waals surface area contributed by atoms with Gasteiger partial charge in [-0.3, -0.25) is 4.68 Å². The van der Waals surface area contributed by atoms with E-state index in [1.807, 2.05) is 0 Å². The van der Waals surface area contributed by atoms with Gasteiger partial charge in [-0.2, -0.15) is 5.10 Å². The SMILES string of the molecule is NC(Cc1ccn(C2CCCC2)n1)C1C2CCCCC21. The standard InChI is InChI=1S/C17H27N3/c18-16(17-14-7-3-4-8-15(14)17)11-12-9-10-20(19-12)13-5-1-2-6-13/h9-10,13-17H,1-8,11,18H2. The van der Waals surface area contributed by atoms with Gasteiger partial charge in [0.2, 0.25) is 0 Å². The van der Waals surface area contributed by atoms with E-state index >= 15 is 0 Å². The Bertz CT molecular complexity index is 449. The molecule has 3 heteroatoms. The average molecular weight is 273 g/mol. The molecule has 0 saturated heterocycles. The zero-order valence-corrected chi connectivity index (χ0v) is 12.4. The zero-order chi connectivity index (χ0) is 13.5. The molecule has 0 aromatic carbocycles. The number of aromatic nitrogens is 2. The van der Waals surface area contributed by atoms with Crippen molar-refractivity contribution in [1.29, 1.82) is 0 Å². The van der Waals surface area contributed by atoms with Crippen molar-refractivity contribution in [2.24, 2.45) is 23.5 Å². The smallest absolute Gasteiger partial charge is 0.0640 e. The molecule has 110 valence electrons. The highest BCUT2D eigenvalue weighted by atomic mass is 15.3. The van der Waals surface area contributed by atoms with Crippen LogP contribution in [0.1, 0.15) is 63.1 Å². The molecule has 1 aromatic rings. The summed E-state index contributed by atoms with van der Waals surface area (Å²) in [6.45, 7) is 0. The molecule has 3 fully saturated rings. The van der Waals surface area contributed by atoms with Gasteiger partial charge in [0, 0.05) is 18.7 Å². The molecule has 20 heavy (non-hydrogen) atoms. The number of rotatable bonds is 4. The summed E-state index contributed by atoms with van der Waals surface area (Å²) in [4.78, 5) is 0. The molecule has 0 radical (unpaired) electrons. The van der Waals surface area contributed by atoms with E-state index in [1.165, 1.54) is 57.1 Å². The highest BCUT2D eigenvalue weighted by molar-refractivity contribution is 5.09. The van der Waals surface area contributed by atoms with Gasteiger partial charge in [-0.15, -0.1) is 0 Å². The number of nitrogens with zero attached hydrogens (tertiary/aromatic N) is 2. The van der Waals surface area contributed by atoms with E-state index < -0.39 is 0 Å². The summed E-state index contributed by atoms with van der Waals surface area (Å²) in [7, 11) is 0. The number of fused-ring (bicyclic) bond motifs is 1. The van der Waals surface area contributed by atoms with Crippen LogP contribution in [0.5, 0.6) is 0 Å². The topological polar surface area (TPSA) is 43.8 Å². The second-order valence-corrected chi connectivity index (χ2v) is 7.28. The molecule has 3 aliphatic rings. The fourth-order valence-electron chi connectivity index (χ4n) is 4.92. The Balaban J connectivity index is 1.37. The summed E-state index contributed by atoms with van der Waals surface area (Å²) in [5.41, 5.74) is 7.70. The molecule has 4 rings (SSSR count). The van der Waals surface area contributed by atoms with E-state index in [1.54, 1.807) is 0 Å². The lowest BCUT2D eigenvalue weighted by atomic mass is 10.0. The van der Waals surface area contributed by atoms with Crippen LogP contribution >= 0.6 is 0 Å². The Morgan fingerprint density at radius 2 is 1.75 bits per heavy atom. The van der Waals surface area contributed by atoms with Crippen LogP contribution in [0.2, 0.25) is 0 Å². The van der Waals surface area contributed by atoms with E-state index in [2.05, 4.69) is 16.9 Å². The van der Waals surface area contributed by atoms with Gasteiger partial charge in [-0.1, -0.05) is 25.7 Å². The van der Waals surface area contributed by atoms with Crippen LogP contribution in [-0.4, -0.2) is 15.8 Å². The van der Waals surface area contributed by atoms with Crippen molar-refractivity contribution in [2.75, 3.05) is 0 Å². The Labute approximate surface area is 121 Å². The fourth-order valence-corrected chi connectivity index (χ4v) is 4.92. The fraction of sp³-hybridized carbons (Fsp3) is 0.824. The average Bonchev–Trinajstić information content (AvgIpc) is 2.83. The molecule has 3 nitrogen and oxygen atoms in total. The Morgan fingerprint density at radius 3 is 2.45 bits per heavy atom. The summed E-state index contributed by atoms with van der Waals surface area (Å²) in [6.07, 6.45) is 14.2. The van der Waals surface area contributed by atoms with Crippen molar-refractivity contribution in [3.8, 4) is 0 Å². The molecule has 0 amide bonds. The molecule has 3 aliphatic carbocycles. The van der Waals surface area contributed by atoms with E-state index in [0.717, 1.165) is 24.2 Å². The molecule has 0 spiro atoms. The van der Waals surface area contributed by atoms with Gasteiger partial charge >= 0.3 is 0 Å². The Hall–Kier alpha value is -0.830. The van der Waals surface area contributed by atoms with Gasteiger partial charge in [-0.25, -0.2) is 0 Å². The van der Waals surface area contributed by atoms with Crippen LogP contribution in [-0.2, 0) is 6.42 Å². The van der Waals surface area contributed by atoms with Crippen LogP contribution in [0.3, 0.4) is 0 Å². The highest BCUT2D eigenvalue weighted by Crippen LogP contribution is 2.56. The summed E-state index contributed by atoms with van der Waals surface area (Å²) in [6, 6.07) is 3.20. The van der Waals surface area contributed by atoms with Crippen LogP contribution in [0.25, 0.3) is 0 Å². The Kier molecular flexibility index (Phi) is 3.33. The first-order valence-electron chi connectivity index (χ1n) is 8.62. The van der Waals surface area contributed by atoms with Gasteiger partial charge < -0.3 is 5.73 Å². The van der Waals surface area contributed by atoms with Crippen molar-refractivity contribution >= 4 is 0 Å². The lowest BCUT2D eigenvalue weighted by Crippen LogP contribution is -2.27. The second kappa shape index (κ2) is 5.18. The molecule has 1 aromatic heterocycles. The molecular formula is C17H27N3. The quantitative estimate of drug-likeness (QED) is 0.914. The minimum Gasteiger partial charge on any atom is -0.327 e. The monoisotopic (exact) mass is 273 g/mol. The predicted molar refractivity (Wildman–Crippen MR) is 80.3 cm³/mol. The molecule has 2 N–H and O–H groups in total. The van der Waals surface area contributed by atoms with E-state index in [0.29, 0.717) is 12.1 Å². The zero-order valence-electron chi connectivity index (χ0n) is 12.4. The number of hydrogen-bond acceptors (Lipinski definition) is 2. The van der Waals surface area contributed by atoms with Crippen molar-refractivity contribution in [3.63, 3.8) is 0 Å². The van der Waals surface area contributed by atoms with E-state index in [9.17, 15) is 0 Å². The maximum atomic E-state index is 6.48. The van der Waals surface area contributed by atoms with Crippen LogP contribution in [0.4, 0.5) is 0 Å². The molecular weight excluding hydrogens is 246 g/mol. The second-order valence-electron chi connectivity index (χ2n) is 7.28. The van der Waals surface area contributed by atoms with Crippen molar-refractivity contribution in [2.45, 2.75) is 69.9 Å². The van der Waals surface area contributed by atoms with Gasteiger partial charge in [-0.05, 0) is 49.5 Å². The van der Waals surface area contributed by atoms with Crippen LogP contribution in [0, 0.1) is 17.8 Å². The highest BCUT2D eigenvalue weighted by Gasteiger charge is 2.52. The molecule has 0 bridgehead atoms. The third-order valence-electron chi connectivity index (χ3n) is 6.02. The summed E-state index contributed by atoms with van der Waals surface area (Å²) in [5, 5.41) is 4.80. The number of nitrogens with two attached hydrogens (primary N) is 1. The summed E-state index contributed by atoms with van der Waals surface area (Å²) >= 11 is 0.